The molecule has 2 aromatic rings. The van der Waals surface area contributed by atoms with Gasteiger partial charge in [0.15, 0.2) is 0 Å². The van der Waals surface area contributed by atoms with Crippen molar-refractivity contribution in [1.29, 1.82) is 0 Å². The fraction of sp³-hybridized carbons (Fsp3) is 0.0667. The number of benzene rings is 2. The van der Waals surface area contributed by atoms with Crippen LogP contribution in [-0.4, -0.2) is 11.2 Å². The normalized spacial score (nSPS) is 12.9. The third-order valence-electron chi connectivity index (χ3n) is 3.26. The van der Waals surface area contributed by atoms with Gasteiger partial charge in [0.1, 0.15) is 0 Å². The van der Waals surface area contributed by atoms with Crippen LogP contribution in [-0.2, 0) is 0 Å². The van der Waals surface area contributed by atoms with Crippen molar-refractivity contribution in [3.63, 3.8) is 0 Å². The van der Waals surface area contributed by atoms with E-state index < -0.39 is 6.09 Å². The summed E-state index contributed by atoms with van der Waals surface area (Å²) in [5.74, 6) is -0.00602. The molecule has 0 heterocycles. The number of nitrogens with one attached hydrogen (secondary N) is 1. The highest BCUT2D eigenvalue weighted by atomic mass is 16.4. The smallest absolute Gasteiger partial charge is 0.404 e. The van der Waals surface area contributed by atoms with Gasteiger partial charge in [-0.3, -0.25) is 0 Å². The van der Waals surface area contributed by atoms with Gasteiger partial charge < -0.3 is 10.4 Å². The number of carbonyl (C=O) groups is 1. The molecule has 0 fully saturated rings. The second-order valence-corrected chi connectivity index (χ2v) is 4.27. The number of hydrogen-bond donors (Lipinski definition) is 2. The van der Waals surface area contributed by atoms with Crippen LogP contribution in [0.2, 0.25) is 0 Å². The lowest BCUT2D eigenvalue weighted by atomic mass is 9.97. The predicted molar refractivity (Wildman–Crippen MR) is 69.2 cm³/mol. The summed E-state index contributed by atoms with van der Waals surface area (Å²) >= 11 is 0. The largest absolute Gasteiger partial charge is 0.465 e. The molecule has 89 valence electrons. The molecular weight excluding hydrogens is 226 g/mol. The van der Waals surface area contributed by atoms with E-state index in [1.807, 2.05) is 36.4 Å². The minimum absolute atomic E-state index is 0.00602. The van der Waals surface area contributed by atoms with Crippen LogP contribution in [0.5, 0.6) is 0 Å². The van der Waals surface area contributed by atoms with Gasteiger partial charge in [0.2, 0.25) is 0 Å². The topological polar surface area (TPSA) is 49.3 Å². The van der Waals surface area contributed by atoms with Gasteiger partial charge in [0, 0.05) is 5.92 Å². The van der Waals surface area contributed by atoms with E-state index in [2.05, 4.69) is 17.4 Å². The molecule has 3 heteroatoms. The van der Waals surface area contributed by atoms with Crippen LogP contribution in [0.1, 0.15) is 17.0 Å². The Morgan fingerprint density at radius 2 is 1.50 bits per heavy atom. The van der Waals surface area contributed by atoms with E-state index >= 15 is 0 Å². The van der Waals surface area contributed by atoms with Crippen molar-refractivity contribution in [3.05, 3.63) is 66.2 Å². The molecule has 1 aliphatic rings. The second-order valence-electron chi connectivity index (χ2n) is 4.27. The van der Waals surface area contributed by atoms with Gasteiger partial charge in [-0.15, -0.1) is 0 Å². The Morgan fingerprint density at radius 1 is 1.00 bits per heavy atom. The number of rotatable bonds is 2. The molecular formula is C15H12NO2. The summed E-state index contributed by atoms with van der Waals surface area (Å²) in [5, 5.41) is 11.1. The van der Waals surface area contributed by atoms with Crippen molar-refractivity contribution in [2.75, 3.05) is 0 Å². The Labute approximate surface area is 105 Å². The summed E-state index contributed by atoms with van der Waals surface area (Å²) in [4.78, 5) is 10.6. The van der Waals surface area contributed by atoms with Crippen molar-refractivity contribution in [3.8, 4) is 11.1 Å². The standard InChI is InChI=1S/C15H12NO2/c17-15(18)16-9-14-12-7-3-1-5-10(12)11-6-2-4-8-13(11)14/h1-9,14,16H,(H,17,18). The van der Waals surface area contributed by atoms with E-state index in [4.69, 9.17) is 5.11 Å². The van der Waals surface area contributed by atoms with E-state index in [-0.39, 0.29) is 5.92 Å². The minimum Gasteiger partial charge on any atom is -0.465 e. The minimum atomic E-state index is -1.03. The molecule has 0 saturated heterocycles. The monoisotopic (exact) mass is 238 g/mol. The third kappa shape index (κ3) is 1.64. The van der Waals surface area contributed by atoms with Crippen molar-refractivity contribution in [2.24, 2.45) is 0 Å². The van der Waals surface area contributed by atoms with Crippen LogP contribution in [0.3, 0.4) is 0 Å². The van der Waals surface area contributed by atoms with Crippen LogP contribution in [0.4, 0.5) is 4.79 Å². The van der Waals surface area contributed by atoms with Gasteiger partial charge in [-0.1, -0.05) is 48.5 Å². The SMILES string of the molecule is O=C(O)N[CH]C1c2ccccc2-c2ccccc21. The van der Waals surface area contributed by atoms with Gasteiger partial charge in [0.05, 0.1) is 6.54 Å². The summed E-state index contributed by atoms with van der Waals surface area (Å²) in [6.07, 6.45) is -1.03. The molecule has 0 aromatic heterocycles. The Hall–Kier alpha value is -2.29. The van der Waals surface area contributed by atoms with Crippen LogP contribution < -0.4 is 5.32 Å². The molecule has 0 bridgehead atoms. The van der Waals surface area contributed by atoms with E-state index in [1.165, 1.54) is 11.1 Å². The zero-order chi connectivity index (χ0) is 12.5. The van der Waals surface area contributed by atoms with E-state index in [1.54, 1.807) is 6.54 Å². The lowest BCUT2D eigenvalue weighted by Gasteiger charge is -2.12. The molecule has 0 unspecified atom stereocenters. The second kappa shape index (κ2) is 4.18. The molecule has 2 N–H and O–H groups in total. The van der Waals surface area contributed by atoms with Crippen LogP contribution in [0, 0.1) is 6.54 Å². The molecule has 0 atom stereocenters. The number of amides is 1. The molecule has 18 heavy (non-hydrogen) atoms. The molecule has 1 aliphatic carbocycles. The summed E-state index contributed by atoms with van der Waals surface area (Å²) in [7, 11) is 0. The Kier molecular flexibility index (Phi) is 2.52. The quantitative estimate of drug-likeness (QED) is 0.843. The van der Waals surface area contributed by atoms with Gasteiger partial charge in [-0.05, 0) is 22.3 Å². The molecule has 0 saturated carbocycles. The first-order valence-corrected chi connectivity index (χ1v) is 5.78. The molecule has 0 spiro atoms. The Morgan fingerprint density at radius 3 is 2.00 bits per heavy atom. The maximum Gasteiger partial charge on any atom is 0.404 e. The third-order valence-corrected chi connectivity index (χ3v) is 3.26. The number of carboxylic acid groups (broad SMARTS) is 1. The highest BCUT2D eigenvalue weighted by Gasteiger charge is 2.28. The maximum atomic E-state index is 10.6. The van der Waals surface area contributed by atoms with Gasteiger partial charge in [-0.25, -0.2) is 4.79 Å². The number of hydrogen-bond acceptors (Lipinski definition) is 1. The van der Waals surface area contributed by atoms with Crippen LogP contribution in [0.25, 0.3) is 11.1 Å². The lowest BCUT2D eigenvalue weighted by Crippen LogP contribution is -2.21. The summed E-state index contributed by atoms with van der Waals surface area (Å²) in [6.45, 7) is 1.63. The lowest BCUT2D eigenvalue weighted by molar-refractivity contribution is 0.196. The molecule has 3 rings (SSSR count). The van der Waals surface area contributed by atoms with Crippen LogP contribution >= 0.6 is 0 Å². The van der Waals surface area contributed by atoms with Gasteiger partial charge in [0.25, 0.3) is 0 Å². The molecule has 3 nitrogen and oxygen atoms in total. The Balaban J connectivity index is 2.06. The highest BCUT2D eigenvalue weighted by Crippen LogP contribution is 2.45. The van der Waals surface area contributed by atoms with Gasteiger partial charge >= 0.3 is 6.09 Å². The zero-order valence-corrected chi connectivity index (χ0v) is 9.63. The van der Waals surface area contributed by atoms with E-state index in [0.717, 1.165) is 11.1 Å². The predicted octanol–water partition coefficient (Wildman–Crippen LogP) is 3.23. The molecule has 2 aromatic carbocycles. The molecule has 1 amide bonds. The number of fused-ring (bicyclic) bond motifs is 3. The Bertz CT molecular complexity index is 561. The maximum absolute atomic E-state index is 10.6. The van der Waals surface area contributed by atoms with Crippen molar-refractivity contribution >= 4 is 6.09 Å². The summed E-state index contributed by atoms with van der Waals surface area (Å²) in [5.41, 5.74) is 4.66. The van der Waals surface area contributed by atoms with Gasteiger partial charge in [-0.2, -0.15) is 0 Å². The van der Waals surface area contributed by atoms with Crippen molar-refractivity contribution in [1.82, 2.24) is 5.32 Å². The first kappa shape index (κ1) is 10.8. The first-order chi connectivity index (χ1) is 8.77. The van der Waals surface area contributed by atoms with Crippen molar-refractivity contribution < 1.29 is 9.90 Å². The fourth-order valence-corrected chi connectivity index (χ4v) is 2.53. The first-order valence-electron chi connectivity index (χ1n) is 5.78. The summed E-state index contributed by atoms with van der Waals surface area (Å²) in [6, 6.07) is 16.2. The molecule has 1 radical (unpaired) electrons. The zero-order valence-electron chi connectivity index (χ0n) is 9.63. The highest BCUT2D eigenvalue weighted by molar-refractivity contribution is 5.79. The summed E-state index contributed by atoms with van der Waals surface area (Å²) < 4.78 is 0. The average Bonchev–Trinajstić information content (AvgIpc) is 2.71. The molecule has 0 aliphatic heterocycles. The van der Waals surface area contributed by atoms with Crippen molar-refractivity contribution in [2.45, 2.75) is 5.92 Å². The van der Waals surface area contributed by atoms with E-state index in [0.29, 0.717) is 0 Å². The fourth-order valence-electron chi connectivity index (χ4n) is 2.53. The average molecular weight is 238 g/mol. The van der Waals surface area contributed by atoms with Crippen LogP contribution in [0.15, 0.2) is 48.5 Å². The van der Waals surface area contributed by atoms with E-state index in [9.17, 15) is 4.79 Å².